The molecule has 0 aliphatic carbocycles. The van der Waals surface area contributed by atoms with Gasteiger partial charge in [0.05, 0.1) is 0 Å². The number of carboxylic acid groups (broad SMARTS) is 1. The Morgan fingerprint density at radius 2 is 1.69 bits per heavy atom. The quantitative estimate of drug-likeness (QED) is 0.831. The van der Waals surface area contributed by atoms with E-state index in [0.29, 0.717) is 0 Å². The summed E-state index contributed by atoms with van der Waals surface area (Å²) < 4.78 is 38.4. The second-order valence-corrected chi connectivity index (χ2v) is 3.19. The minimum Gasteiger partial charge on any atom is -0.479 e. The van der Waals surface area contributed by atoms with E-state index in [2.05, 4.69) is 0 Å². The van der Waals surface area contributed by atoms with Crippen LogP contribution < -0.4 is 0 Å². The van der Waals surface area contributed by atoms with Crippen LogP contribution in [0.5, 0.6) is 0 Å². The molecule has 2 N–H and O–H groups in total. The molecule has 1 aromatic rings. The maximum absolute atomic E-state index is 13.2. The molecule has 0 heterocycles. The van der Waals surface area contributed by atoms with Crippen molar-refractivity contribution in [2.75, 3.05) is 0 Å². The Hall–Kier alpha value is -1.56. The smallest absolute Gasteiger partial charge is 0.341 e. The van der Waals surface area contributed by atoms with Gasteiger partial charge in [-0.1, -0.05) is 30.3 Å². The standard InChI is InChI=1S/C10H9F3O3/c11-7(8(14)15)10(16,9(12)13)6-4-2-1-3-5-6/h1-5,7,9,16H,(H,14,15). The molecule has 16 heavy (non-hydrogen) atoms. The molecular formula is C10H9F3O3. The normalized spacial score (nSPS) is 16.8. The number of hydrogen-bond donors (Lipinski definition) is 2. The summed E-state index contributed by atoms with van der Waals surface area (Å²) >= 11 is 0. The van der Waals surface area contributed by atoms with Crippen LogP contribution >= 0.6 is 0 Å². The van der Waals surface area contributed by atoms with Crippen molar-refractivity contribution in [1.82, 2.24) is 0 Å². The van der Waals surface area contributed by atoms with Crippen LogP contribution in [0.1, 0.15) is 5.56 Å². The van der Waals surface area contributed by atoms with Gasteiger partial charge in [-0.2, -0.15) is 0 Å². The van der Waals surface area contributed by atoms with Gasteiger partial charge in [0.1, 0.15) is 0 Å². The largest absolute Gasteiger partial charge is 0.479 e. The zero-order valence-electron chi connectivity index (χ0n) is 7.98. The van der Waals surface area contributed by atoms with Crippen molar-refractivity contribution in [3.8, 4) is 0 Å². The van der Waals surface area contributed by atoms with Gasteiger partial charge < -0.3 is 10.2 Å². The number of hydrogen-bond acceptors (Lipinski definition) is 2. The van der Waals surface area contributed by atoms with Crippen LogP contribution in [0.15, 0.2) is 30.3 Å². The predicted molar refractivity (Wildman–Crippen MR) is 48.9 cm³/mol. The second-order valence-electron chi connectivity index (χ2n) is 3.19. The van der Waals surface area contributed by atoms with E-state index >= 15 is 0 Å². The van der Waals surface area contributed by atoms with E-state index in [4.69, 9.17) is 5.11 Å². The first-order valence-corrected chi connectivity index (χ1v) is 4.33. The second kappa shape index (κ2) is 4.52. The topological polar surface area (TPSA) is 57.5 Å². The van der Waals surface area contributed by atoms with E-state index < -0.39 is 29.7 Å². The Bertz CT molecular complexity index is 369. The summed E-state index contributed by atoms with van der Waals surface area (Å²) in [6.45, 7) is 0. The molecule has 1 aromatic carbocycles. The fraction of sp³-hybridized carbons (Fsp3) is 0.300. The molecule has 0 saturated heterocycles. The van der Waals surface area contributed by atoms with Gasteiger partial charge in [0.15, 0.2) is 5.60 Å². The molecule has 88 valence electrons. The molecule has 0 aromatic heterocycles. The first-order valence-electron chi connectivity index (χ1n) is 4.33. The van der Waals surface area contributed by atoms with Crippen molar-refractivity contribution >= 4 is 5.97 Å². The Kier molecular flexibility index (Phi) is 3.54. The molecule has 0 saturated carbocycles. The van der Waals surface area contributed by atoms with E-state index in [1.54, 1.807) is 0 Å². The van der Waals surface area contributed by atoms with Crippen LogP contribution in [0.25, 0.3) is 0 Å². The minimum absolute atomic E-state index is 0.472. The average molecular weight is 234 g/mol. The van der Waals surface area contributed by atoms with E-state index in [-0.39, 0.29) is 0 Å². The van der Waals surface area contributed by atoms with Crippen molar-refractivity contribution in [3.05, 3.63) is 35.9 Å². The zero-order chi connectivity index (χ0) is 12.3. The molecular weight excluding hydrogens is 225 g/mol. The highest BCUT2D eigenvalue weighted by molar-refractivity contribution is 5.74. The summed E-state index contributed by atoms with van der Waals surface area (Å²) in [5, 5.41) is 17.9. The lowest BCUT2D eigenvalue weighted by Crippen LogP contribution is -2.47. The molecule has 0 spiro atoms. The van der Waals surface area contributed by atoms with Gasteiger partial charge in [0.2, 0.25) is 6.17 Å². The van der Waals surface area contributed by atoms with E-state index in [1.807, 2.05) is 0 Å². The van der Waals surface area contributed by atoms with Gasteiger partial charge >= 0.3 is 5.97 Å². The van der Waals surface area contributed by atoms with Crippen molar-refractivity contribution in [2.24, 2.45) is 0 Å². The van der Waals surface area contributed by atoms with Crippen LogP contribution in [0, 0.1) is 0 Å². The number of carboxylic acids is 1. The summed E-state index contributed by atoms with van der Waals surface area (Å²) in [6, 6.07) is 6.17. The maximum Gasteiger partial charge on any atom is 0.341 e. The number of aliphatic carboxylic acids is 1. The zero-order valence-corrected chi connectivity index (χ0v) is 7.98. The van der Waals surface area contributed by atoms with Crippen LogP contribution in [0.4, 0.5) is 13.2 Å². The Balaban J connectivity index is 3.22. The van der Waals surface area contributed by atoms with Gasteiger partial charge in [0.25, 0.3) is 6.43 Å². The van der Waals surface area contributed by atoms with Gasteiger partial charge in [-0.05, 0) is 5.56 Å². The molecule has 6 heteroatoms. The SMILES string of the molecule is O=C(O)C(F)C(O)(c1ccccc1)C(F)F. The summed E-state index contributed by atoms with van der Waals surface area (Å²) in [5.74, 6) is -2.13. The highest BCUT2D eigenvalue weighted by atomic mass is 19.3. The Morgan fingerprint density at radius 1 is 1.19 bits per heavy atom. The molecule has 0 aliphatic heterocycles. The first-order chi connectivity index (χ1) is 7.40. The lowest BCUT2D eigenvalue weighted by molar-refractivity contribution is -0.177. The van der Waals surface area contributed by atoms with E-state index in [0.717, 1.165) is 12.1 Å². The number of carbonyl (C=O) groups is 1. The van der Waals surface area contributed by atoms with Crippen molar-refractivity contribution in [1.29, 1.82) is 0 Å². The van der Waals surface area contributed by atoms with Gasteiger partial charge in [-0.25, -0.2) is 18.0 Å². The first kappa shape index (κ1) is 12.5. The van der Waals surface area contributed by atoms with Crippen molar-refractivity contribution < 1.29 is 28.2 Å². The lowest BCUT2D eigenvalue weighted by Gasteiger charge is -2.28. The third kappa shape index (κ3) is 2.01. The van der Waals surface area contributed by atoms with E-state index in [9.17, 15) is 23.1 Å². The summed E-state index contributed by atoms with van der Waals surface area (Å²) in [5.41, 5.74) is -3.80. The molecule has 0 aliphatic rings. The molecule has 3 nitrogen and oxygen atoms in total. The fourth-order valence-corrected chi connectivity index (χ4v) is 1.28. The van der Waals surface area contributed by atoms with Crippen LogP contribution in [0.3, 0.4) is 0 Å². The number of halogens is 3. The van der Waals surface area contributed by atoms with Crippen LogP contribution in [0.2, 0.25) is 0 Å². The third-order valence-corrected chi connectivity index (χ3v) is 2.17. The van der Waals surface area contributed by atoms with Crippen LogP contribution in [-0.2, 0) is 10.4 Å². The molecule has 1 rings (SSSR count). The molecule has 0 bridgehead atoms. The monoisotopic (exact) mass is 234 g/mol. The van der Waals surface area contributed by atoms with Gasteiger partial charge in [-0.15, -0.1) is 0 Å². The highest BCUT2D eigenvalue weighted by Gasteiger charge is 2.51. The van der Waals surface area contributed by atoms with Gasteiger partial charge in [0, 0.05) is 0 Å². The number of rotatable bonds is 4. The van der Waals surface area contributed by atoms with Gasteiger partial charge in [-0.3, -0.25) is 0 Å². The molecule has 0 radical (unpaired) electrons. The fourth-order valence-electron chi connectivity index (χ4n) is 1.28. The number of aliphatic hydroxyl groups is 1. The number of benzene rings is 1. The van der Waals surface area contributed by atoms with Crippen LogP contribution in [-0.4, -0.2) is 28.8 Å². The highest BCUT2D eigenvalue weighted by Crippen LogP contribution is 2.33. The number of alkyl halides is 3. The van der Waals surface area contributed by atoms with Crippen molar-refractivity contribution in [2.45, 2.75) is 18.2 Å². The van der Waals surface area contributed by atoms with E-state index in [1.165, 1.54) is 18.2 Å². The Labute approximate surface area is 89.1 Å². The maximum atomic E-state index is 13.2. The summed E-state index contributed by atoms with van der Waals surface area (Å²) in [4.78, 5) is 10.4. The average Bonchev–Trinajstić information content (AvgIpc) is 2.27. The summed E-state index contributed by atoms with van der Waals surface area (Å²) in [7, 11) is 0. The van der Waals surface area contributed by atoms with Crippen molar-refractivity contribution in [3.63, 3.8) is 0 Å². The molecule has 0 fully saturated rings. The molecule has 0 amide bonds. The third-order valence-electron chi connectivity index (χ3n) is 2.17. The molecule has 2 unspecified atom stereocenters. The summed E-state index contributed by atoms with van der Waals surface area (Å²) in [6.07, 6.45) is -6.63. The Morgan fingerprint density at radius 3 is 2.06 bits per heavy atom. The predicted octanol–water partition coefficient (Wildman–Crippen LogP) is 1.56. The minimum atomic E-state index is -3.54. The molecule has 2 atom stereocenters. The lowest BCUT2D eigenvalue weighted by atomic mass is 9.89.